The number of carboxylic acids is 1. The summed E-state index contributed by atoms with van der Waals surface area (Å²) in [4.78, 5) is 24.1. The molecule has 1 fully saturated rings. The maximum Gasteiger partial charge on any atom is 0.310 e. The number of hydrogen-bond donors (Lipinski definition) is 2. The molecule has 0 saturated heterocycles. The third-order valence-electron chi connectivity index (χ3n) is 4.51. The molecule has 0 heterocycles. The van der Waals surface area contributed by atoms with Crippen molar-refractivity contribution in [3.8, 4) is 11.5 Å². The number of benzene rings is 1. The predicted molar refractivity (Wildman–Crippen MR) is 91.0 cm³/mol. The second-order valence-corrected chi connectivity index (χ2v) is 6.47. The van der Waals surface area contributed by atoms with Crippen LogP contribution in [0.1, 0.15) is 38.5 Å². The molecule has 0 unspecified atom stereocenters. The van der Waals surface area contributed by atoms with Gasteiger partial charge in [-0.15, -0.1) is 0 Å². The first kappa shape index (κ1) is 18.4. The van der Waals surface area contributed by atoms with Crippen molar-refractivity contribution in [3.63, 3.8) is 0 Å². The second kappa shape index (κ2) is 7.75. The third-order valence-corrected chi connectivity index (χ3v) is 4.81. The number of rotatable bonds is 6. The lowest BCUT2D eigenvalue weighted by molar-refractivity contribution is -0.153. The van der Waals surface area contributed by atoms with Crippen LogP contribution in [0, 0.1) is 5.41 Å². The number of carbonyl (C=O) groups is 2. The Morgan fingerprint density at radius 3 is 2.33 bits per heavy atom. The number of ether oxygens (including phenoxy) is 2. The molecule has 132 valence electrons. The summed E-state index contributed by atoms with van der Waals surface area (Å²) in [5.41, 5.74) is -0.577. The first-order valence-electron chi connectivity index (χ1n) is 7.86. The number of anilines is 1. The summed E-state index contributed by atoms with van der Waals surface area (Å²) in [6.45, 7) is 0. The number of nitrogens with one attached hydrogen (secondary N) is 1. The highest BCUT2D eigenvalue weighted by Gasteiger charge is 2.41. The van der Waals surface area contributed by atoms with Crippen LogP contribution in [-0.2, 0) is 9.59 Å². The summed E-state index contributed by atoms with van der Waals surface area (Å²) in [7, 11) is 2.94. The minimum atomic E-state index is -0.980. The highest BCUT2D eigenvalue weighted by atomic mass is 35.5. The molecular weight excluding hydrogens is 334 g/mol. The molecular formula is C17H22ClNO5. The van der Waals surface area contributed by atoms with Gasteiger partial charge in [0, 0.05) is 18.6 Å². The van der Waals surface area contributed by atoms with E-state index in [-0.39, 0.29) is 12.3 Å². The largest absolute Gasteiger partial charge is 0.495 e. The zero-order valence-electron chi connectivity index (χ0n) is 13.9. The van der Waals surface area contributed by atoms with E-state index in [1.54, 1.807) is 12.1 Å². The average Bonchev–Trinajstić information content (AvgIpc) is 2.56. The minimum absolute atomic E-state index is 0.0591. The van der Waals surface area contributed by atoms with Crippen LogP contribution in [0.15, 0.2) is 12.1 Å². The zero-order valence-corrected chi connectivity index (χ0v) is 14.6. The molecule has 0 aliphatic heterocycles. The Kier molecular flexibility index (Phi) is 5.94. The smallest absolute Gasteiger partial charge is 0.310 e. The quantitative estimate of drug-likeness (QED) is 0.812. The highest BCUT2D eigenvalue weighted by molar-refractivity contribution is 6.32. The van der Waals surface area contributed by atoms with E-state index in [4.69, 9.17) is 21.1 Å². The number of aliphatic carboxylic acids is 1. The van der Waals surface area contributed by atoms with Crippen molar-refractivity contribution in [2.75, 3.05) is 19.5 Å². The molecule has 2 rings (SSSR count). The fourth-order valence-corrected chi connectivity index (χ4v) is 3.39. The molecule has 24 heavy (non-hydrogen) atoms. The van der Waals surface area contributed by atoms with Gasteiger partial charge in [0.25, 0.3) is 0 Å². The number of carboxylic acid groups (broad SMARTS) is 1. The lowest BCUT2D eigenvalue weighted by atomic mass is 9.71. The maximum atomic E-state index is 12.4. The van der Waals surface area contributed by atoms with Crippen molar-refractivity contribution >= 4 is 29.2 Å². The molecule has 2 N–H and O–H groups in total. The van der Waals surface area contributed by atoms with Crippen molar-refractivity contribution in [1.82, 2.24) is 0 Å². The van der Waals surface area contributed by atoms with Gasteiger partial charge in [-0.25, -0.2) is 0 Å². The molecule has 0 aromatic heterocycles. The van der Waals surface area contributed by atoms with Crippen molar-refractivity contribution in [2.45, 2.75) is 38.5 Å². The standard InChI is InChI=1S/C17H22ClNO5/c1-23-13-9-12(14(24-2)8-11(13)18)19-15(20)10-17(16(21)22)6-4-3-5-7-17/h8-9H,3-7,10H2,1-2H3,(H,19,20)(H,21,22). The van der Waals surface area contributed by atoms with Crippen LogP contribution in [0.2, 0.25) is 5.02 Å². The summed E-state index contributed by atoms with van der Waals surface area (Å²) in [5.74, 6) is -0.472. The van der Waals surface area contributed by atoms with Gasteiger partial charge in [-0.1, -0.05) is 30.9 Å². The fourth-order valence-electron chi connectivity index (χ4n) is 3.15. The molecule has 1 saturated carbocycles. The minimum Gasteiger partial charge on any atom is -0.495 e. The highest BCUT2D eigenvalue weighted by Crippen LogP contribution is 2.41. The Balaban J connectivity index is 2.18. The molecule has 0 atom stereocenters. The topological polar surface area (TPSA) is 84.9 Å². The van der Waals surface area contributed by atoms with Crippen molar-refractivity contribution in [3.05, 3.63) is 17.2 Å². The van der Waals surface area contributed by atoms with Crippen LogP contribution < -0.4 is 14.8 Å². The van der Waals surface area contributed by atoms with Gasteiger partial charge < -0.3 is 19.9 Å². The van der Waals surface area contributed by atoms with E-state index in [9.17, 15) is 14.7 Å². The molecule has 6 nitrogen and oxygen atoms in total. The summed E-state index contributed by atoms with van der Waals surface area (Å²) in [6.07, 6.45) is 3.66. The number of amides is 1. The Morgan fingerprint density at radius 1 is 1.17 bits per heavy atom. The fraction of sp³-hybridized carbons (Fsp3) is 0.529. The predicted octanol–water partition coefficient (Wildman–Crippen LogP) is 3.72. The molecule has 0 bridgehead atoms. The van der Waals surface area contributed by atoms with E-state index in [1.165, 1.54) is 14.2 Å². The first-order chi connectivity index (χ1) is 11.4. The van der Waals surface area contributed by atoms with Gasteiger partial charge in [0.15, 0.2) is 0 Å². The molecule has 1 aliphatic rings. The van der Waals surface area contributed by atoms with Crippen LogP contribution >= 0.6 is 11.6 Å². The Hall–Kier alpha value is -1.95. The van der Waals surface area contributed by atoms with E-state index in [1.807, 2.05) is 0 Å². The van der Waals surface area contributed by atoms with Gasteiger partial charge in [0.05, 0.1) is 30.3 Å². The van der Waals surface area contributed by atoms with Gasteiger partial charge >= 0.3 is 5.97 Å². The summed E-state index contributed by atoms with van der Waals surface area (Å²) < 4.78 is 10.4. The van der Waals surface area contributed by atoms with Crippen LogP contribution in [0.3, 0.4) is 0 Å². The van der Waals surface area contributed by atoms with E-state index in [0.29, 0.717) is 35.1 Å². The van der Waals surface area contributed by atoms with E-state index in [0.717, 1.165) is 19.3 Å². The number of halogens is 1. The van der Waals surface area contributed by atoms with Gasteiger partial charge in [0.1, 0.15) is 11.5 Å². The van der Waals surface area contributed by atoms with E-state index in [2.05, 4.69) is 5.32 Å². The summed E-state index contributed by atoms with van der Waals surface area (Å²) in [6, 6.07) is 3.11. The lowest BCUT2D eigenvalue weighted by Gasteiger charge is -2.32. The molecule has 7 heteroatoms. The average molecular weight is 356 g/mol. The van der Waals surface area contributed by atoms with Gasteiger partial charge in [-0.05, 0) is 12.8 Å². The maximum absolute atomic E-state index is 12.4. The van der Waals surface area contributed by atoms with E-state index >= 15 is 0 Å². The molecule has 0 spiro atoms. The Morgan fingerprint density at radius 2 is 1.79 bits per heavy atom. The zero-order chi connectivity index (χ0) is 17.7. The number of carbonyl (C=O) groups excluding carboxylic acids is 1. The van der Waals surface area contributed by atoms with Crippen molar-refractivity contribution in [1.29, 1.82) is 0 Å². The Bertz CT molecular complexity index is 626. The molecule has 1 aliphatic carbocycles. The van der Waals surface area contributed by atoms with E-state index < -0.39 is 11.4 Å². The molecule has 1 aromatic carbocycles. The van der Waals surface area contributed by atoms with Crippen molar-refractivity contribution in [2.24, 2.45) is 5.41 Å². The Labute approximate surface area is 146 Å². The summed E-state index contributed by atoms with van der Waals surface area (Å²) in [5, 5.41) is 12.7. The molecule has 1 amide bonds. The number of methoxy groups -OCH3 is 2. The monoisotopic (exact) mass is 355 g/mol. The van der Waals surface area contributed by atoms with Crippen LogP contribution in [0.4, 0.5) is 5.69 Å². The third kappa shape index (κ3) is 3.93. The van der Waals surface area contributed by atoms with Crippen LogP contribution in [0.25, 0.3) is 0 Å². The normalized spacial score (nSPS) is 16.3. The SMILES string of the molecule is COc1cc(NC(=O)CC2(C(=O)O)CCCCC2)c(OC)cc1Cl. The van der Waals surface area contributed by atoms with Gasteiger partial charge in [0.2, 0.25) is 5.91 Å². The van der Waals surface area contributed by atoms with Crippen molar-refractivity contribution < 1.29 is 24.2 Å². The second-order valence-electron chi connectivity index (χ2n) is 6.06. The number of hydrogen-bond acceptors (Lipinski definition) is 4. The first-order valence-corrected chi connectivity index (χ1v) is 8.24. The summed E-state index contributed by atoms with van der Waals surface area (Å²) >= 11 is 6.04. The van der Waals surface area contributed by atoms with Gasteiger partial charge in [-0.2, -0.15) is 0 Å². The van der Waals surface area contributed by atoms with Crippen LogP contribution in [-0.4, -0.2) is 31.2 Å². The lowest BCUT2D eigenvalue weighted by Crippen LogP contribution is -2.37. The van der Waals surface area contributed by atoms with Crippen LogP contribution in [0.5, 0.6) is 11.5 Å². The van der Waals surface area contributed by atoms with Gasteiger partial charge in [-0.3, -0.25) is 9.59 Å². The molecule has 1 aromatic rings. The molecule has 0 radical (unpaired) electrons.